The third kappa shape index (κ3) is 4.82. The summed E-state index contributed by atoms with van der Waals surface area (Å²) in [6, 6.07) is 2.86. The van der Waals surface area contributed by atoms with Crippen LogP contribution in [0, 0.1) is 5.95 Å². The highest BCUT2D eigenvalue weighted by Gasteiger charge is 2.12. The minimum atomic E-state index is -0.567. The van der Waals surface area contributed by atoms with Gasteiger partial charge >= 0.3 is 0 Å². The lowest BCUT2D eigenvalue weighted by Gasteiger charge is -2.17. The van der Waals surface area contributed by atoms with Crippen molar-refractivity contribution >= 4 is 5.91 Å². The first-order chi connectivity index (χ1) is 8.67. The molecule has 0 bridgehead atoms. The zero-order valence-electron chi connectivity index (χ0n) is 11.1. The number of carbonyl (C=O) groups is 1. The Morgan fingerprint density at radius 1 is 1.33 bits per heavy atom. The van der Waals surface area contributed by atoms with Gasteiger partial charge in [-0.05, 0) is 25.0 Å². The summed E-state index contributed by atoms with van der Waals surface area (Å²) in [5, 5.41) is 2.99. The van der Waals surface area contributed by atoms with E-state index >= 15 is 0 Å². The summed E-state index contributed by atoms with van der Waals surface area (Å²) in [5.74, 6) is -0.736. The molecule has 1 heterocycles. The summed E-state index contributed by atoms with van der Waals surface area (Å²) < 4.78 is 12.7. The number of carbonyl (C=O) groups excluding carboxylic acids is 1. The van der Waals surface area contributed by atoms with E-state index in [-0.39, 0.29) is 11.9 Å². The van der Waals surface area contributed by atoms with Gasteiger partial charge in [0.15, 0.2) is 0 Å². The number of unbranched alkanes of at least 4 members (excludes halogenated alkanes) is 1. The van der Waals surface area contributed by atoms with E-state index in [9.17, 15) is 9.18 Å². The van der Waals surface area contributed by atoms with Crippen LogP contribution in [0.25, 0.3) is 0 Å². The fourth-order valence-electron chi connectivity index (χ4n) is 1.87. The van der Waals surface area contributed by atoms with Crippen molar-refractivity contribution in [3.8, 4) is 0 Å². The number of halogens is 1. The van der Waals surface area contributed by atoms with Gasteiger partial charge < -0.3 is 5.32 Å². The number of amides is 1. The summed E-state index contributed by atoms with van der Waals surface area (Å²) in [5.41, 5.74) is 0.411. The first-order valence-corrected chi connectivity index (χ1v) is 6.59. The zero-order valence-corrected chi connectivity index (χ0v) is 11.1. The van der Waals surface area contributed by atoms with Crippen molar-refractivity contribution in [2.75, 3.05) is 0 Å². The molecule has 0 saturated heterocycles. The predicted molar refractivity (Wildman–Crippen MR) is 69.9 cm³/mol. The van der Waals surface area contributed by atoms with Crippen molar-refractivity contribution in [3.05, 3.63) is 29.8 Å². The summed E-state index contributed by atoms with van der Waals surface area (Å²) >= 11 is 0. The molecule has 0 fully saturated rings. The lowest BCUT2D eigenvalue weighted by atomic mass is 10.0. The quantitative estimate of drug-likeness (QED) is 0.756. The molecule has 1 N–H and O–H groups in total. The molecular formula is C14H21FN2O. The van der Waals surface area contributed by atoms with Crippen LogP contribution in [0.1, 0.15) is 56.3 Å². The smallest absolute Gasteiger partial charge is 0.253 e. The summed E-state index contributed by atoms with van der Waals surface area (Å²) in [6.07, 6.45) is 6.50. The van der Waals surface area contributed by atoms with Crippen LogP contribution in [-0.4, -0.2) is 16.9 Å². The minimum Gasteiger partial charge on any atom is -0.349 e. The molecule has 1 aromatic heterocycles. The van der Waals surface area contributed by atoms with Crippen molar-refractivity contribution in [1.82, 2.24) is 10.3 Å². The number of nitrogens with one attached hydrogen (secondary N) is 1. The highest BCUT2D eigenvalue weighted by atomic mass is 19.1. The molecule has 0 saturated carbocycles. The highest BCUT2D eigenvalue weighted by molar-refractivity contribution is 5.93. The van der Waals surface area contributed by atoms with Gasteiger partial charge in [-0.25, -0.2) is 4.98 Å². The zero-order chi connectivity index (χ0) is 13.4. The maximum absolute atomic E-state index is 12.7. The van der Waals surface area contributed by atoms with Gasteiger partial charge in [0.25, 0.3) is 5.91 Å². The fraction of sp³-hybridized carbons (Fsp3) is 0.571. The monoisotopic (exact) mass is 252 g/mol. The van der Waals surface area contributed by atoms with Crippen LogP contribution in [-0.2, 0) is 0 Å². The van der Waals surface area contributed by atoms with E-state index in [4.69, 9.17) is 0 Å². The Labute approximate surface area is 108 Å². The Balaban J connectivity index is 2.56. The number of rotatable bonds is 7. The van der Waals surface area contributed by atoms with E-state index in [2.05, 4.69) is 24.1 Å². The molecule has 0 radical (unpaired) electrons. The largest absolute Gasteiger partial charge is 0.349 e. The van der Waals surface area contributed by atoms with Gasteiger partial charge in [-0.3, -0.25) is 4.79 Å². The van der Waals surface area contributed by atoms with E-state index in [1.165, 1.54) is 18.3 Å². The van der Waals surface area contributed by atoms with Crippen molar-refractivity contribution in [2.24, 2.45) is 0 Å². The van der Waals surface area contributed by atoms with Crippen LogP contribution in [0.5, 0.6) is 0 Å². The van der Waals surface area contributed by atoms with E-state index < -0.39 is 5.95 Å². The van der Waals surface area contributed by atoms with Crippen LogP contribution in [0.15, 0.2) is 18.3 Å². The Kier molecular flexibility index (Phi) is 6.33. The van der Waals surface area contributed by atoms with Crippen LogP contribution >= 0.6 is 0 Å². The molecule has 0 aliphatic carbocycles. The molecular weight excluding hydrogens is 231 g/mol. The molecule has 0 aliphatic rings. The lowest BCUT2D eigenvalue weighted by molar-refractivity contribution is 0.0931. The molecule has 0 spiro atoms. The van der Waals surface area contributed by atoms with Crippen LogP contribution in [0.3, 0.4) is 0 Å². The number of hydrogen-bond donors (Lipinski definition) is 1. The maximum Gasteiger partial charge on any atom is 0.253 e. The van der Waals surface area contributed by atoms with Gasteiger partial charge in [-0.2, -0.15) is 4.39 Å². The van der Waals surface area contributed by atoms with E-state index in [1.807, 2.05) is 0 Å². The molecule has 1 amide bonds. The Hall–Kier alpha value is -1.45. The van der Waals surface area contributed by atoms with Gasteiger partial charge in [0.1, 0.15) is 0 Å². The lowest BCUT2D eigenvalue weighted by Crippen LogP contribution is -2.34. The summed E-state index contributed by atoms with van der Waals surface area (Å²) in [6.45, 7) is 4.24. The van der Waals surface area contributed by atoms with Crippen LogP contribution in [0.2, 0.25) is 0 Å². The van der Waals surface area contributed by atoms with E-state index in [1.54, 1.807) is 0 Å². The van der Waals surface area contributed by atoms with Crippen LogP contribution in [0.4, 0.5) is 4.39 Å². The molecule has 1 aromatic rings. The van der Waals surface area contributed by atoms with Gasteiger partial charge in [-0.1, -0.05) is 33.1 Å². The SMILES string of the molecule is CCCCC(CCC)NC(=O)c1ccc(F)nc1. The third-order valence-corrected chi connectivity index (χ3v) is 2.87. The summed E-state index contributed by atoms with van der Waals surface area (Å²) in [7, 11) is 0. The highest BCUT2D eigenvalue weighted by Crippen LogP contribution is 2.08. The second kappa shape index (κ2) is 7.80. The van der Waals surface area contributed by atoms with E-state index in [0.717, 1.165) is 32.1 Å². The number of pyridine rings is 1. The third-order valence-electron chi connectivity index (χ3n) is 2.87. The van der Waals surface area contributed by atoms with Gasteiger partial charge in [0, 0.05) is 12.2 Å². The Bertz CT molecular complexity index is 365. The predicted octanol–water partition coefficient (Wildman–Crippen LogP) is 3.31. The average molecular weight is 252 g/mol. The van der Waals surface area contributed by atoms with E-state index in [0.29, 0.717) is 5.56 Å². The van der Waals surface area contributed by atoms with Gasteiger partial charge in [0.2, 0.25) is 5.95 Å². The molecule has 0 aliphatic heterocycles. The molecule has 1 unspecified atom stereocenters. The first-order valence-electron chi connectivity index (χ1n) is 6.59. The molecule has 100 valence electrons. The van der Waals surface area contributed by atoms with Crippen LogP contribution < -0.4 is 5.32 Å². The second-order valence-corrected chi connectivity index (χ2v) is 4.47. The fourth-order valence-corrected chi connectivity index (χ4v) is 1.87. The van der Waals surface area contributed by atoms with Gasteiger partial charge in [-0.15, -0.1) is 0 Å². The maximum atomic E-state index is 12.7. The van der Waals surface area contributed by atoms with Crippen molar-refractivity contribution in [1.29, 1.82) is 0 Å². The number of nitrogens with zero attached hydrogens (tertiary/aromatic N) is 1. The molecule has 4 heteroatoms. The number of hydrogen-bond acceptors (Lipinski definition) is 2. The molecule has 3 nitrogen and oxygen atoms in total. The number of aromatic nitrogens is 1. The average Bonchev–Trinajstić information content (AvgIpc) is 2.37. The Morgan fingerprint density at radius 2 is 2.11 bits per heavy atom. The molecule has 18 heavy (non-hydrogen) atoms. The summed E-state index contributed by atoms with van der Waals surface area (Å²) in [4.78, 5) is 15.4. The van der Waals surface area contributed by atoms with Gasteiger partial charge in [0.05, 0.1) is 5.56 Å². The minimum absolute atomic E-state index is 0.169. The Morgan fingerprint density at radius 3 is 2.67 bits per heavy atom. The topological polar surface area (TPSA) is 42.0 Å². The standard InChI is InChI=1S/C14H21FN2O/c1-3-5-7-12(6-4-2)17-14(18)11-8-9-13(15)16-10-11/h8-10,12H,3-7H2,1-2H3,(H,17,18). The normalized spacial score (nSPS) is 12.2. The molecule has 0 aromatic carbocycles. The molecule has 1 rings (SSSR count). The van der Waals surface area contributed by atoms with Crippen molar-refractivity contribution < 1.29 is 9.18 Å². The first kappa shape index (κ1) is 14.6. The second-order valence-electron chi connectivity index (χ2n) is 4.47. The van der Waals surface area contributed by atoms with Crippen molar-refractivity contribution in [2.45, 2.75) is 52.0 Å². The van der Waals surface area contributed by atoms with Crippen molar-refractivity contribution in [3.63, 3.8) is 0 Å². The molecule has 1 atom stereocenters.